The van der Waals surface area contributed by atoms with E-state index in [0.717, 1.165) is 5.56 Å². The standard InChI is InChI=1S/C20H26N6O6S/c21-14(5-11-1-3-13(27)4-2-11)18(30)26-16(9-33)20(32)25-15(6-12-7-22-10-24-12)19(31)23-8-17(28)29/h1-4,7,10,14-16,27,33H,5-6,8-9,21H2,(H,22,24)(H,23,31)(H,25,32)(H,26,30)(H,28,29). The van der Waals surface area contributed by atoms with Crippen molar-refractivity contribution in [3.05, 3.63) is 48.0 Å². The number of rotatable bonds is 12. The molecule has 13 heteroatoms. The van der Waals surface area contributed by atoms with Crippen molar-refractivity contribution >= 4 is 36.3 Å². The number of aromatic nitrogens is 2. The van der Waals surface area contributed by atoms with E-state index >= 15 is 0 Å². The first-order valence-corrected chi connectivity index (χ1v) is 10.5. The van der Waals surface area contributed by atoms with Crippen LogP contribution in [0.5, 0.6) is 5.75 Å². The highest BCUT2D eigenvalue weighted by molar-refractivity contribution is 7.80. The maximum absolute atomic E-state index is 12.7. The van der Waals surface area contributed by atoms with E-state index < -0.39 is 48.4 Å². The Labute approximate surface area is 194 Å². The molecule has 12 nitrogen and oxygen atoms in total. The lowest BCUT2D eigenvalue weighted by Crippen LogP contribution is -2.57. The number of phenolic OH excluding ortho intramolecular Hbond substituents is 1. The summed E-state index contributed by atoms with van der Waals surface area (Å²) in [7, 11) is 0. The Morgan fingerprint density at radius 1 is 1.03 bits per heavy atom. The highest BCUT2D eigenvalue weighted by Crippen LogP contribution is 2.11. The first-order chi connectivity index (χ1) is 15.7. The molecule has 0 aliphatic rings. The van der Waals surface area contributed by atoms with Gasteiger partial charge in [-0.2, -0.15) is 12.6 Å². The minimum Gasteiger partial charge on any atom is -0.508 e. The van der Waals surface area contributed by atoms with Crippen LogP contribution in [0, 0.1) is 0 Å². The smallest absolute Gasteiger partial charge is 0.322 e. The summed E-state index contributed by atoms with van der Waals surface area (Å²) in [4.78, 5) is 55.0. The average molecular weight is 479 g/mol. The molecule has 1 heterocycles. The molecule has 0 bridgehead atoms. The van der Waals surface area contributed by atoms with E-state index in [1.807, 2.05) is 0 Å². The molecule has 0 spiro atoms. The van der Waals surface area contributed by atoms with E-state index in [9.17, 15) is 24.3 Å². The van der Waals surface area contributed by atoms with Crippen LogP contribution in [-0.4, -0.2) is 74.3 Å². The van der Waals surface area contributed by atoms with Crippen molar-refractivity contribution in [2.24, 2.45) is 5.73 Å². The minimum atomic E-state index is -1.24. The van der Waals surface area contributed by atoms with Gasteiger partial charge in [-0.1, -0.05) is 12.1 Å². The van der Waals surface area contributed by atoms with Gasteiger partial charge in [-0.15, -0.1) is 0 Å². The summed E-state index contributed by atoms with van der Waals surface area (Å²) in [5.41, 5.74) is 7.19. The Morgan fingerprint density at radius 3 is 2.27 bits per heavy atom. The predicted octanol–water partition coefficient (Wildman–Crippen LogP) is -1.67. The van der Waals surface area contributed by atoms with Crippen LogP contribution in [0.1, 0.15) is 11.3 Å². The second-order valence-electron chi connectivity index (χ2n) is 7.17. The lowest BCUT2D eigenvalue weighted by atomic mass is 10.1. The van der Waals surface area contributed by atoms with E-state index in [2.05, 4.69) is 38.5 Å². The van der Waals surface area contributed by atoms with Gasteiger partial charge < -0.3 is 36.9 Å². The number of thiol groups is 1. The predicted molar refractivity (Wildman–Crippen MR) is 120 cm³/mol. The Kier molecular flexibility index (Phi) is 9.69. The van der Waals surface area contributed by atoms with E-state index in [0.29, 0.717) is 5.69 Å². The van der Waals surface area contributed by atoms with Crippen LogP contribution in [0.4, 0.5) is 0 Å². The van der Waals surface area contributed by atoms with E-state index in [1.54, 1.807) is 12.1 Å². The summed E-state index contributed by atoms with van der Waals surface area (Å²) in [6.45, 7) is -0.618. The molecule has 0 fully saturated rings. The SMILES string of the molecule is NC(Cc1ccc(O)cc1)C(=O)NC(CS)C(=O)NC(Cc1cnc[nH]1)C(=O)NCC(=O)O. The molecule has 2 rings (SSSR count). The molecule has 33 heavy (non-hydrogen) atoms. The van der Waals surface area contributed by atoms with Gasteiger partial charge in [0.15, 0.2) is 0 Å². The normalized spacial score (nSPS) is 13.4. The minimum absolute atomic E-state index is 0.0186. The summed E-state index contributed by atoms with van der Waals surface area (Å²) >= 11 is 4.10. The number of carboxylic acids is 1. The van der Waals surface area contributed by atoms with Crippen LogP contribution in [0.15, 0.2) is 36.8 Å². The highest BCUT2D eigenvalue weighted by atomic mass is 32.1. The van der Waals surface area contributed by atoms with Crippen LogP contribution in [-0.2, 0) is 32.0 Å². The third-order valence-electron chi connectivity index (χ3n) is 4.57. The number of nitrogens with one attached hydrogen (secondary N) is 4. The number of phenols is 1. The quantitative estimate of drug-likeness (QED) is 0.165. The Balaban J connectivity index is 2.00. The number of hydrogen-bond acceptors (Lipinski definition) is 8. The summed E-state index contributed by atoms with van der Waals surface area (Å²) in [6, 6.07) is 3.01. The number of nitrogens with zero attached hydrogens (tertiary/aromatic N) is 1. The van der Waals surface area contributed by atoms with Gasteiger partial charge in [-0.05, 0) is 24.1 Å². The number of nitrogens with two attached hydrogens (primary N) is 1. The van der Waals surface area contributed by atoms with E-state index in [4.69, 9.17) is 10.8 Å². The first-order valence-electron chi connectivity index (χ1n) is 9.91. The fourth-order valence-electron chi connectivity index (χ4n) is 2.84. The van der Waals surface area contributed by atoms with Gasteiger partial charge in [-0.3, -0.25) is 19.2 Å². The molecule has 2 aromatic rings. The Hall–Kier alpha value is -3.58. The molecule has 0 saturated carbocycles. The fraction of sp³-hybridized carbons (Fsp3) is 0.350. The molecule has 178 valence electrons. The summed E-state index contributed by atoms with van der Waals surface area (Å²) in [5, 5.41) is 25.3. The molecule has 0 saturated heterocycles. The molecule has 8 N–H and O–H groups in total. The van der Waals surface area contributed by atoms with Crippen molar-refractivity contribution in [3.63, 3.8) is 0 Å². The zero-order valence-electron chi connectivity index (χ0n) is 17.5. The summed E-state index contributed by atoms with van der Waals surface area (Å²) < 4.78 is 0. The van der Waals surface area contributed by atoms with Gasteiger partial charge in [0, 0.05) is 24.1 Å². The zero-order chi connectivity index (χ0) is 24.4. The number of imidazole rings is 1. The maximum Gasteiger partial charge on any atom is 0.322 e. The number of aromatic amines is 1. The average Bonchev–Trinajstić information content (AvgIpc) is 3.29. The van der Waals surface area contributed by atoms with Gasteiger partial charge in [0.1, 0.15) is 24.4 Å². The Morgan fingerprint density at radius 2 is 1.70 bits per heavy atom. The van der Waals surface area contributed by atoms with Crippen LogP contribution in [0.25, 0.3) is 0 Å². The largest absolute Gasteiger partial charge is 0.508 e. The summed E-state index contributed by atoms with van der Waals surface area (Å²) in [5.74, 6) is -3.23. The maximum atomic E-state index is 12.7. The van der Waals surface area contributed by atoms with Gasteiger partial charge in [-0.25, -0.2) is 4.98 Å². The zero-order valence-corrected chi connectivity index (χ0v) is 18.4. The third kappa shape index (κ3) is 8.46. The van der Waals surface area contributed by atoms with Crippen molar-refractivity contribution in [2.75, 3.05) is 12.3 Å². The van der Waals surface area contributed by atoms with Crippen molar-refractivity contribution in [3.8, 4) is 5.75 Å². The second kappa shape index (κ2) is 12.5. The van der Waals surface area contributed by atoms with E-state index in [1.165, 1.54) is 24.7 Å². The van der Waals surface area contributed by atoms with Crippen LogP contribution < -0.4 is 21.7 Å². The van der Waals surface area contributed by atoms with Gasteiger partial charge in [0.25, 0.3) is 0 Å². The van der Waals surface area contributed by atoms with Crippen LogP contribution >= 0.6 is 12.6 Å². The number of benzene rings is 1. The van der Waals surface area contributed by atoms with Crippen molar-refractivity contribution in [1.82, 2.24) is 25.9 Å². The number of carbonyl (C=O) groups excluding carboxylic acids is 3. The molecule has 1 aromatic heterocycles. The summed E-state index contributed by atoms with van der Waals surface area (Å²) in [6.07, 6.45) is 3.05. The molecular weight excluding hydrogens is 452 g/mol. The molecule has 3 amide bonds. The molecular formula is C20H26N6O6S. The topological polar surface area (TPSA) is 200 Å². The second-order valence-corrected chi connectivity index (χ2v) is 7.54. The number of carboxylic acid groups (broad SMARTS) is 1. The fourth-order valence-corrected chi connectivity index (χ4v) is 3.09. The third-order valence-corrected chi connectivity index (χ3v) is 4.94. The Bertz CT molecular complexity index is 952. The van der Waals surface area contributed by atoms with Crippen molar-refractivity contribution in [2.45, 2.75) is 31.0 Å². The molecule has 3 unspecified atom stereocenters. The van der Waals surface area contributed by atoms with Crippen molar-refractivity contribution < 1.29 is 29.4 Å². The van der Waals surface area contributed by atoms with Crippen LogP contribution in [0.3, 0.4) is 0 Å². The number of hydrogen-bond donors (Lipinski definition) is 8. The van der Waals surface area contributed by atoms with Crippen molar-refractivity contribution in [1.29, 1.82) is 0 Å². The highest BCUT2D eigenvalue weighted by Gasteiger charge is 2.28. The first kappa shape index (κ1) is 25.7. The number of amides is 3. The number of H-pyrrole nitrogens is 1. The molecule has 0 radical (unpaired) electrons. The van der Waals surface area contributed by atoms with E-state index in [-0.39, 0.29) is 24.3 Å². The lowest BCUT2D eigenvalue weighted by Gasteiger charge is -2.23. The van der Waals surface area contributed by atoms with Crippen LogP contribution in [0.2, 0.25) is 0 Å². The monoisotopic (exact) mass is 478 g/mol. The number of aromatic hydroxyl groups is 1. The molecule has 0 aliphatic heterocycles. The molecule has 0 aliphatic carbocycles. The molecule has 3 atom stereocenters. The molecule has 1 aromatic carbocycles. The van der Waals surface area contributed by atoms with Gasteiger partial charge >= 0.3 is 5.97 Å². The van der Waals surface area contributed by atoms with Gasteiger partial charge in [0.05, 0.1) is 12.4 Å². The number of carbonyl (C=O) groups is 4. The lowest BCUT2D eigenvalue weighted by molar-refractivity contribution is -0.138. The number of aliphatic carboxylic acids is 1. The van der Waals surface area contributed by atoms with Gasteiger partial charge in [0.2, 0.25) is 17.7 Å².